The van der Waals surface area contributed by atoms with Crippen LogP contribution in [-0.2, 0) is 21.4 Å². The number of benzene rings is 1. The van der Waals surface area contributed by atoms with E-state index >= 15 is 4.39 Å². The lowest BCUT2D eigenvalue weighted by atomic mass is 9.59. The molecule has 5 nitrogen and oxygen atoms in total. The molecule has 6 heteroatoms. The van der Waals surface area contributed by atoms with E-state index in [-0.39, 0.29) is 35.4 Å². The Morgan fingerprint density at radius 1 is 1.03 bits per heavy atom. The Hall–Kier alpha value is -2.11. The zero-order chi connectivity index (χ0) is 24.5. The maximum absolute atomic E-state index is 15.4. The smallest absolute Gasteiger partial charge is 0.407 e. The number of nitrogens with one attached hydrogen (secondary N) is 1. The molecule has 2 saturated carbocycles. The van der Waals surface area contributed by atoms with Crippen molar-refractivity contribution in [3.63, 3.8) is 0 Å². The number of esters is 1. The first-order valence-electron chi connectivity index (χ1n) is 13.1. The van der Waals surface area contributed by atoms with Crippen LogP contribution in [0.1, 0.15) is 103 Å². The summed E-state index contributed by atoms with van der Waals surface area (Å²) < 4.78 is 26.8. The van der Waals surface area contributed by atoms with Crippen molar-refractivity contribution < 1.29 is 23.5 Å². The minimum Gasteiger partial charge on any atom is -0.444 e. The second-order valence-electron chi connectivity index (χ2n) is 11.8. The number of carbonyl (C=O) groups is 2. The van der Waals surface area contributed by atoms with Crippen molar-refractivity contribution >= 4 is 12.1 Å². The Balaban J connectivity index is 1.65. The highest BCUT2D eigenvalue weighted by Gasteiger charge is 2.48. The molecule has 1 aromatic carbocycles. The summed E-state index contributed by atoms with van der Waals surface area (Å²) in [6, 6.07) is 3.07. The van der Waals surface area contributed by atoms with Crippen molar-refractivity contribution in [1.29, 1.82) is 0 Å². The Morgan fingerprint density at radius 3 is 2.41 bits per heavy atom. The van der Waals surface area contributed by atoms with Gasteiger partial charge in [-0.3, -0.25) is 4.79 Å². The molecule has 188 valence electrons. The molecular formula is C28H40FNO4. The van der Waals surface area contributed by atoms with Gasteiger partial charge in [-0.1, -0.05) is 45.4 Å². The lowest BCUT2D eigenvalue weighted by Crippen LogP contribution is -2.57. The maximum Gasteiger partial charge on any atom is 0.407 e. The minimum atomic E-state index is -0.591. The molecule has 2 bridgehead atoms. The van der Waals surface area contributed by atoms with Crippen LogP contribution in [0.5, 0.6) is 5.75 Å². The molecule has 1 amide bonds. The second kappa shape index (κ2) is 9.87. The zero-order valence-corrected chi connectivity index (χ0v) is 21.2. The van der Waals surface area contributed by atoms with Crippen molar-refractivity contribution in [3.05, 3.63) is 29.1 Å². The highest BCUT2D eigenvalue weighted by atomic mass is 19.1. The molecule has 1 unspecified atom stereocenters. The van der Waals surface area contributed by atoms with Gasteiger partial charge in [-0.25, -0.2) is 9.18 Å². The SMILES string of the molecule is CC(C)(C)OC(=O)N[C@H]1C2CCCCC[C@]1(C)c1cc(OC(=O)C3CCCCC3)cc(F)c1C2. The molecule has 3 aliphatic carbocycles. The summed E-state index contributed by atoms with van der Waals surface area (Å²) in [7, 11) is 0. The summed E-state index contributed by atoms with van der Waals surface area (Å²) in [6.07, 6.45) is 10.0. The van der Waals surface area contributed by atoms with E-state index < -0.39 is 17.1 Å². The van der Waals surface area contributed by atoms with Crippen LogP contribution in [0.3, 0.4) is 0 Å². The third-order valence-electron chi connectivity index (χ3n) is 8.01. The number of fused-ring (bicyclic) bond motifs is 4. The highest BCUT2D eigenvalue weighted by Crippen LogP contribution is 2.48. The van der Waals surface area contributed by atoms with Gasteiger partial charge in [-0.15, -0.1) is 0 Å². The van der Waals surface area contributed by atoms with Crippen molar-refractivity contribution in [2.24, 2.45) is 11.8 Å². The quantitative estimate of drug-likeness (QED) is 0.397. The number of alkyl carbamates (subject to hydrolysis) is 1. The summed E-state index contributed by atoms with van der Waals surface area (Å²) in [5, 5.41) is 3.17. The number of carbonyl (C=O) groups excluding carboxylic acids is 2. The van der Waals surface area contributed by atoms with Crippen LogP contribution in [0, 0.1) is 17.7 Å². The number of halogens is 1. The third-order valence-corrected chi connectivity index (χ3v) is 8.01. The number of ether oxygens (including phenoxy) is 2. The summed E-state index contributed by atoms with van der Waals surface area (Å²) in [4.78, 5) is 25.6. The maximum atomic E-state index is 15.4. The molecule has 0 aromatic heterocycles. The van der Waals surface area contributed by atoms with Crippen molar-refractivity contribution in [2.45, 2.75) is 115 Å². The molecule has 0 spiro atoms. The van der Waals surface area contributed by atoms with E-state index in [1.54, 1.807) is 0 Å². The van der Waals surface area contributed by atoms with Gasteiger partial charge in [0.05, 0.1) is 5.92 Å². The molecule has 0 radical (unpaired) electrons. The Kier molecular flexibility index (Phi) is 7.25. The molecule has 3 aliphatic rings. The van der Waals surface area contributed by atoms with Gasteiger partial charge in [-0.2, -0.15) is 0 Å². The normalized spacial score (nSPS) is 27.7. The van der Waals surface area contributed by atoms with Crippen molar-refractivity contribution in [2.75, 3.05) is 0 Å². The fourth-order valence-electron chi connectivity index (χ4n) is 6.34. The molecule has 0 saturated heterocycles. The van der Waals surface area contributed by atoms with E-state index in [0.717, 1.165) is 69.8 Å². The first-order valence-corrected chi connectivity index (χ1v) is 13.1. The molecule has 4 rings (SSSR count). The minimum absolute atomic E-state index is 0.101. The summed E-state index contributed by atoms with van der Waals surface area (Å²) >= 11 is 0. The topological polar surface area (TPSA) is 64.6 Å². The van der Waals surface area contributed by atoms with Gasteiger partial charge in [-0.05, 0) is 76.0 Å². The average molecular weight is 474 g/mol. The van der Waals surface area contributed by atoms with E-state index in [1.165, 1.54) is 6.07 Å². The third kappa shape index (κ3) is 5.41. The molecule has 34 heavy (non-hydrogen) atoms. The standard InChI is InChI=1S/C28H40FNO4/c1-27(2,3)34-26(32)30-24-19-13-9-6-10-14-28(24,4)22-16-20(17-23(29)21(22)15-19)33-25(31)18-11-7-5-8-12-18/h16-19,24H,5-15H2,1-4H3,(H,30,32)/t19?,24-,28+/m0/s1. The fourth-order valence-corrected chi connectivity index (χ4v) is 6.34. The lowest BCUT2D eigenvalue weighted by Gasteiger charge is -2.49. The van der Waals surface area contributed by atoms with Crippen LogP contribution >= 0.6 is 0 Å². The monoisotopic (exact) mass is 473 g/mol. The first kappa shape index (κ1) is 25.0. The van der Waals surface area contributed by atoms with Crippen LogP contribution < -0.4 is 10.1 Å². The molecular weight excluding hydrogens is 433 g/mol. The van der Waals surface area contributed by atoms with Gasteiger partial charge < -0.3 is 14.8 Å². The average Bonchev–Trinajstić information content (AvgIpc) is 2.75. The van der Waals surface area contributed by atoms with Gasteiger partial charge in [0.15, 0.2) is 0 Å². The van der Waals surface area contributed by atoms with Gasteiger partial charge >= 0.3 is 12.1 Å². The second-order valence-corrected chi connectivity index (χ2v) is 11.8. The van der Waals surface area contributed by atoms with E-state index in [9.17, 15) is 9.59 Å². The number of hydrogen-bond donors (Lipinski definition) is 1. The molecule has 1 N–H and O–H groups in total. The van der Waals surface area contributed by atoms with Crippen LogP contribution in [-0.4, -0.2) is 23.7 Å². The first-order chi connectivity index (χ1) is 16.1. The summed E-state index contributed by atoms with van der Waals surface area (Å²) in [5.41, 5.74) is 0.503. The molecule has 2 fully saturated rings. The number of rotatable bonds is 3. The van der Waals surface area contributed by atoms with Crippen LogP contribution in [0.15, 0.2) is 12.1 Å². The zero-order valence-electron chi connectivity index (χ0n) is 21.2. The summed E-state index contributed by atoms with van der Waals surface area (Å²) in [6.45, 7) is 7.68. The molecule has 0 heterocycles. The van der Waals surface area contributed by atoms with Crippen LogP contribution in [0.2, 0.25) is 0 Å². The van der Waals surface area contributed by atoms with Gasteiger partial charge in [0.1, 0.15) is 17.2 Å². The Labute approximate surface area is 203 Å². The highest BCUT2D eigenvalue weighted by molar-refractivity contribution is 5.75. The molecule has 1 aromatic rings. The number of hydrogen-bond acceptors (Lipinski definition) is 4. The van der Waals surface area contributed by atoms with Crippen molar-refractivity contribution in [3.8, 4) is 5.75 Å². The van der Waals surface area contributed by atoms with E-state index in [2.05, 4.69) is 12.2 Å². The fraction of sp³-hybridized carbons (Fsp3) is 0.714. The van der Waals surface area contributed by atoms with E-state index in [0.29, 0.717) is 12.0 Å². The molecule has 3 atom stereocenters. The van der Waals surface area contributed by atoms with Gasteiger partial charge in [0.25, 0.3) is 0 Å². The lowest BCUT2D eigenvalue weighted by molar-refractivity contribution is -0.140. The number of amides is 1. The van der Waals surface area contributed by atoms with Gasteiger partial charge in [0.2, 0.25) is 0 Å². The van der Waals surface area contributed by atoms with E-state index in [4.69, 9.17) is 9.47 Å². The predicted molar refractivity (Wildman–Crippen MR) is 129 cm³/mol. The Bertz CT molecular complexity index is 918. The van der Waals surface area contributed by atoms with Crippen LogP contribution in [0.25, 0.3) is 0 Å². The molecule has 0 aliphatic heterocycles. The van der Waals surface area contributed by atoms with Crippen molar-refractivity contribution in [1.82, 2.24) is 5.32 Å². The van der Waals surface area contributed by atoms with Crippen LogP contribution in [0.4, 0.5) is 9.18 Å². The summed E-state index contributed by atoms with van der Waals surface area (Å²) in [5.74, 6) is -0.244. The Morgan fingerprint density at radius 2 is 1.71 bits per heavy atom. The van der Waals surface area contributed by atoms with Gasteiger partial charge in [0, 0.05) is 17.5 Å². The largest absolute Gasteiger partial charge is 0.444 e. The predicted octanol–water partition coefficient (Wildman–Crippen LogP) is 6.60. The van der Waals surface area contributed by atoms with E-state index in [1.807, 2.05) is 26.8 Å².